The van der Waals surface area contributed by atoms with Crippen LogP contribution >= 0.6 is 11.6 Å². The summed E-state index contributed by atoms with van der Waals surface area (Å²) in [4.78, 5) is 43.2. The molecule has 0 N–H and O–H groups in total. The van der Waals surface area contributed by atoms with Crippen molar-refractivity contribution in [1.82, 2.24) is 4.90 Å². The average molecular weight is 463 g/mol. The third kappa shape index (κ3) is 3.11. The van der Waals surface area contributed by atoms with E-state index in [0.29, 0.717) is 33.9 Å². The molecule has 3 fully saturated rings. The van der Waals surface area contributed by atoms with Gasteiger partial charge in [-0.05, 0) is 78.6 Å². The highest BCUT2D eigenvalue weighted by molar-refractivity contribution is 6.30. The Hall–Kier alpha value is -3.12. The smallest absolute Gasteiger partial charge is 0.259 e. The molecule has 0 unspecified atom stereocenters. The molecule has 0 spiro atoms. The third-order valence-corrected chi connectivity index (χ3v) is 8.01. The van der Waals surface area contributed by atoms with Crippen LogP contribution in [0.15, 0.2) is 60.7 Å². The lowest BCUT2D eigenvalue weighted by atomic mass is 9.63. The van der Waals surface area contributed by atoms with Gasteiger partial charge in [0.1, 0.15) is 12.4 Å². The highest BCUT2D eigenvalue weighted by Gasteiger charge is 2.67. The van der Waals surface area contributed by atoms with E-state index in [2.05, 4.69) is 12.2 Å². The van der Waals surface area contributed by atoms with Gasteiger partial charge in [-0.1, -0.05) is 23.8 Å². The fourth-order valence-corrected chi connectivity index (χ4v) is 6.20. The Labute approximate surface area is 196 Å². The number of likely N-dealkylation sites (tertiary alicyclic amines) is 1. The maximum Gasteiger partial charge on any atom is 0.259 e. The van der Waals surface area contributed by atoms with Crippen LogP contribution in [0.2, 0.25) is 5.02 Å². The predicted octanol–water partition coefficient (Wildman–Crippen LogP) is 4.01. The van der Waals surface area contributed by atoms with E-state index in [1.807, 2.05) is 0 Å². The van der Waals surface area contributed by atoms with Gasteiger partial charge in [-0.3, -0.25) is 24.2 Å². The molecule has 7 heteroatoms. The molecule has 168 valence electrons. The first-order valence-corrected chi connectivity index (χ1v) is 11.6. The van der Waals surface area contributed by atoms with Gasteiger partial charge in [-0.15, -0.1) is 0 Å². The highest BCUT2D eigenvalue weighted by atomic mass is 35.5. The summed E-state index contributed by atoms with van der Waals surface area (Å²) in [6.07, 6.45) is 5.41. The van der Waals surface area contributed by atoms with Gasteiger partial charge in [0, 0.05) is 16.3 Å². The summed E-state index contributed by atoms with van der Waals surface area (Å²) in [5.74, 6) is 0.807. The number of carbonyl (C=O) groups excluding carboxylic acids is 3. The van der Waals surface area contributed by atoms with Crippen LogP contribution in [-0.4, -0.2) is 36.4 Å². The molecule has 7 rings (SSSR count). The van der Waals surface area contributed by atoms with Crippen LogP contribution in [0.25, 0.3) is 0 Å². The largest absolute Gasteiger partial charge is 0.497 e. The van der Waals surface area contributed by atoms with Gasteiger partial charge in [0.2, 0.25) is 11.8 Å². The Kier molecular flexibility index (Phi) is 4.63. The number of carbonyl (C=O) groups is 3. The highest BCUT2D eigenvalue weighted by Crippen LogP contribution is 2.65. The van der Waals surface area contributed by atoms with Crippen LogP contribution in [0.3, 0.4) is 0 Å². The number of amides is 3. The molecular formula is C26H23ClN2O4. The number of rotatable bonds is 5. The van der Waals surface area contributed by atoms with E-state index in [4.69, 9.17) is 16.3 Å². The Morgan fingerprint density at radius 3 is 2.09 bits per heavy atom. The van der Waals surface area contributed by atoms with E-state index in [1.165, 1.54) is 9.80 Å². The minimum absolute atomic E-state index is 0.118. The molecule has 2 aromatic rings. The number of imide groups is 1. The van der Waals surface area contributed by atoms with E-state index in [0.717, 1.165) is 6.42 Å². The summed E-state index contributed by atoms with van der Waals surface area (Å²) < 4.78 is 5.24. The lowest BCUT2D eigenvalue weighted by Gasteiger charge is -2.37. The maximum absolute atomic E-state index is 13.5. The van der Waals surface area contributed by atoms with Crippen LogP contribution in [0.4, 0.5) is 5.69 Å². The van der Waals surface area contributed by atoms with Crippen molar-refractivity contribution < 1.29 is 19.1 Å². The van der Waals surface area contributed by atoms with Crippen LogP contribution in [-0.2, 0) is 9.59 Å². The molecule has 5 aliphatic rings. The molecule has 0 aromatic heterocycles. The second-order valence-corrected chi connectivity index (χ2v) is 9.78. The molecule has 3 amide bonds. The summed E-state index contributed by atoms with van der Waals surface area (Å²) in [7, 11) is 1.57. The third-order valence-electron chi connectivity index (χ3n) is 7.76. The van der Waals surface area contributed by atoms with Crippen molar-refractivity contribution in [3.05, 3.63) is 71.3 Å². The number of benzene rings is 2. The normalized spacial score (nSPS) is 30.8. The summed E-state index contributed by atoms with van der Waals surface area (Å²) in [6, 6.07) is 13.6. The first-order valence-electron chi connectivity index (χ1n) is 11.2. The van der Waals surface area contributed by atoms with E-state index in [-0.39, 0.29) is 48.1 Å². The maximum atomic E-state index is 13.5. The summed E-state index contributed by atoms with van der Waals surface area (Å²) in [5.41, 5.74) is 1.00. The van der Waals surface area contributed by atoms with E-state index in [1.54, 1.807) is 55.6 Å². The standard InChI is InChI=1S/C26H23ClN2O4/c1-33-17-8-6-16(7-9-17)28(24(30)14-2-4-15(27)5-3-14)13-29-25(31)22-18-10-11-19(21-12-20(18)21)23(22)26(29)32/h2-11,18-23H,12-13H2,1H3/t18-,19-,20-,21-,22+,23+/m0/s1. The molecule has 4 aliphatic carbocycles. The molecule has 1 heterocycles. The molecule has 0 radical (unpaired) electrons. The minimum atomic E-state index is -0.309. The van der Waals surface area contributed by atoms with Gasteiger partial charge in [0.05, 0.1) is 18.9 Å². The van der Waals surface area contributed by atoms with Gasteiger partial charge in [-0.2, -0.15) is 0 Å². The van der Waals surface area contributed by atoms with Crippen molar-refractivity contribution in [1.29, 1.82) is 0 Å². The second kappa shape index (κ2) is 7.45. The quantitative estimate of drug-likeness (QED) is 0.497. The molecular weight excluding hydrogens is 440 g/mol. The topological polar surface area (TPSA) is 66.9 Å². The molecule has 1 aliphatic heterocycles. The van der Waals surface area contributed by atoms with E-state index in [9.17, 15) is 14.4 Å². The molecule has 2 aromatic carbocycles. The number of halogens is 1. The zero-order valence-electron chi connectivity index (χ0n) is 18.1. The van der Waals surface area contributed by atoms with Gasteiger partial charge < -0.3 is 4.74 Å². The van der Waals surface area contributed by atoms with E-state index >= 15 is 0 Å². The van der Waals surface area contributed by atoms with Gasteiger partial charge >= 0.3 is 0 Å². The average Bonchev–Trinajstić information content (AvgIpc) is 3.63. The van der Waals surface area contributed by atoms with Crippen molar-refractivity contribution in [2.24, 2.45) is 35.5 Å². The van der Waals surface area contributed by atoms with Crippen molar-refractivity contribution in [3.63, 3.8) is 0 Å². The number of anilines is 1. The van der Waals surface area contributed by atoms with Crippen molar-refractivity contribution in [2.75, 3.05) is 18.7 Å². The number of nitrogens with zero attached hydrogens (tertiary/aromatic N) is 2. The SMILES string of the molecule is COc1ccc(N(CN2C(=O)[C@@H]3[C@H]4C=C[C@@H]([C@@H]5C[C@@H]45)[C@H]3C2=O)C(=O)c2ccc(Cl)cc2)cc1. The lowest BCUT2D eigenvalue weighted by Crippen LogP contribution is -2.45. The monoisotopic (exact) mass is 462 g/mol. The van der Waals surface area contributed by atoms with E-state index < -0.39 is 0 Å². The van der Waals surface area contributed by atoms with Crippen LogP contribution in [0.1, 0.15) is 16.8 Å². The van der Waals surface area contributed by atoms with Crippen LogP contribution in [0.5, 0.6) is 5.75 Å². The number of methoxy groups -OCH3 is 1. The number of ether oxygens (including phenoxy) is 1. The molecule has 2 saturated carbocycles. The predicted molar refractivity (Wildman–Crippen MR) is 123 cm³/mol. The molecule has 33 heavy (non-hydrogen) atoms. The summed E-state index contributed by atoms with van der Waals surface area (Å²) in [5, 5.41) is 0.526. The Balaban J connectivity index is 1.33. The van der Waals surface area contributed by atoms with Gasteiger partial charge in [0.25, 0.3) is 5.91 Å². The molecule has 6 nitrogen and oxygen atoms in total. The van der Waals surface area contributed by atoms with Crippen LogP contribution in [0, 0.1) is 35.5 Å². The number of hydrogen-bond acceptors (Lipinski definition) is 4. The minimum Gasteiger partial charge on any atom is -0.497 e. The number of hydrogen-bond donors (Lipinski definition) is 0. The molecule has 6 atom stereocenters. The zero-order chi connectivity index (χ0) is 22.9. The van der Waals surface area contributed by atoms with Crippen molar-refractivity contribution in [2.45, 2.75) is 6.42 Å². The fourth-order valence-electron chi connectivity index (χ4n) is 6.07. The second-order valence-electron chi connectivity index (χ2n) is 9.34. The van der Waals surface area contributed by atoms with Gasteiger partial charge in [0.15, 0.2) is 0 Å². The number of allylic oxidation sites excluding steroid dienone is 2. The Morgan fingerprint density at radius 1 is 0.970 bits per heavy atom. The summed E-state index contributed by atoms with van der Waals surface area (Å²) in [6.45, 7) is -0.118. The fraction of sp³-hybridized carbons (Fsp3) is 0.346. The summed E-state index contributed by atoms with van der Waals surface area (Å²) >= 11 is 6.00. The molecule has 2 bridgehead atoms. The zero-order valence-corrected chi connectivity index (χ0v) is 18.8. The molecule has 1 saturated heterocycles. The Bertz CT molecular complexity index is 1140. The first kappa shape index (κ1) is 20.5. The van der Waals surface area contributed by atoms with Crippen molar-refractivity contribution in [3.8, 4) is 5.75 Å². The van der Waals surface area contributed by atoms with Gasteiger partial charge in [-0.25, -0.2) is 0 Å². The van der Waals surface area contributed by atoms with Crippen LogP contribution < -0.4 is 9.64 Å². The van der Waals surface area contributed by atoms with Crippen molar-refractivity contribution >= 4 is 35.0 Å². The Morgan fingerprint density at radius 2 is 1.55 bits per heavy atom. The lowest BCUT2D eigenvalue weighted by molar-refractivity contribution is -0.140. The first-order chi connectivity index (χ1) is 16.0.